The summed E-state index contributed by atoms with van der Waals surface area (Å²) in [5, 5.41) is 3.07. The first-order valence-corrected chi connectivity index (χ1v) is 9.27. The molecule has 0 bridgehead atoms. The number of hydrogen-bond acceptors (Lipinski definition) is 4. The van der Waals surface area contributed by atoms with Gasteiger partial charge >= 0.3 is 0 Å². The molecule has 2 aromatic rings. The number of aromatic nitrogens is 1. The molecule has 1 aromatic carbocycles. The Labute approximate surface area is 167 Å². The molecule has 3 rings (SSSR count). The molecule has 0 radical (unpaired) electrons. The summed E-state index contributed by atoms with van der Waals surface area (Å²) >= 11 is 11.7. The third-order valence-corrected chi connectivity index (χ3v) is 4.86. The van der Waals surface area contributed by atoms with Crippen LogP contribution >= 0.6 is 23.2 Å². The number of hydrogen-bond donors (Lipinski definition) is 1. The Morgan fingerprint density at radius 3 is 2.52 bits per heavy atom. The number of rotatable bonds is 3. The lowest BCUT2D eigenvalue weighted by molar-refractivity contribution is -0.0585. The van der Waals surface area contributed by atoms with Gasteiger partial charge < -0.3 is 15.0 Å². The van der Waals surface area contributed by atoms with Crippen molar-refractivity contribution in [2.24, 2.45) is 0 Å². The fourth-order valence-corrected chi connectivity index (χ4v) is 3.30. The molecule has 2 heterocycles. The number of nitrogens with zero attached hydrogens (tertiary/aromatic N) is 2. The number of benzene rings is 1. The van der Waals surface area contributed by atoms with Crippen LogP contribution in [0.4, 0.5) is 5.69 Å². The maximum absolute atomic E-state index is 13.0. The van der Waals surface area contributed by atoms with Crippen molar-refractivity contribution in [1.82, 2.24) is 9.88 Å². The van der Waals surface area contributed by atoms with Crippen molar-refractivity contribution in [2.45, 2.75) is 26.1 Å². The van der Waals surface area contributed by atoms with Gasteiger partial charge in [0.05, 0.1) is 34.0 Å². The molecule has 1 saturated heterocycles. The summed E-state index contributed by atoms with van der Waals surface area (Å²) in [6, 6.07) is 8.32. The predicted molar refractivity (Wildman–Crippen MR) is 105 cm³/mol. The van der Waals surface area contributed by atoms with Gasteiger partial charge in [-0.3, -0.25) is 9.59 Å². The van der Waals surface area contributed by atoms with Gasteiger partial charge in [-0.25, -0.2) is 4.98 Å². The number of halogens is 2. The third-order valence-electron chi connectivity index (χ3n) is 4.17. The van der Waals surface area contributed by atoms with E-state index in [9.17, 15) is 9.59 Å². The Morgan fingerprint density at radius 2 is 1.85 bits per heavy atom. The number of ether oxygens (including phenoxy) is 1. The van der Waals surface area contributed by atoms with Crippen LogP contribution in [0.2, 0.25) is 10.2 Å². The molecule has 8 heteroatoms. The molecule has 6 nitrogen and oxygen atoms in total. The second kappa shape index (κ2) is 8.25. The normalized spacial score (nSPS) is 19.6. The van der Waals surface area contributed by atoms with Gasteiger partial charge in [0.15, 0.2) is 0 Å². The molecule has 0 spiro atoms. The van der Waals surface area contributed by atoms with Crippen LogP contribution in [-0.4, -0.2) is 47.0 Å². The molecular formula is C19H19Cl2N3O3. The lowest BCUT2D eigenvalue weighted by Crippen LogP contribution is -2.48. The van der Waals surface area contributed by atoms with Crippen molar-refractivity contribution in [2.75, 3.05) is 18.4 Å². The van der Waals surface area contributed by atoms with Crippen molar-refractivity contribution < 1.29 is 14.3 Å². The maximum Gasteiger partial charge on any atom is 0.257 e. The van der Waals surface area contributed by atoms with E-state index in [1.54, 1.807) is 29.2 Å². The van der Waals surface area contributed by atoms with E-state index < -0.39 is 5.91 Å². The molecule has 1 aromatic heterocycles. The topological polar surface area (TPSA) is 71.5 Å². The van der Waals surface area contributed by atoms with Crippen molar-refractivity contribution >= 4 is 40.7 Å². The standard InChI is InChI=1S/C19H19Cl2N3O3/c1-11-9-24(10-12(2)27-11)19(26)14-5-3-4-6-16(14)23-18(25)13-7-15(20)17(21)22-8-13/h3-8,11-12H,9-10H2,1-2H3,(H,23,25)/t11-,12-/m0/s1. The SMILES string of the molecule is C[C@H]1CN(C(=O)c2ccccc2NC(=O)c2cnc(Cl)c(Cl)c2)C[C@H](C)O1. The first-order chi connectivity index (χ1) is 12.8. The van der Waals surface area contributed by atoms with Gasteiger partial charge in [-0.2, -0.15) is 0 Å². The second-order valence-corrected chi connectivity index (χ2v) is 7.23. The molecule has 142 valence electrons. The number of morpholine rings is 1. The van der Waals surface area contributed by atoms with Crippen LogP contribution in [0.5, 0.6) is 0 Å². The zero-order valence-corrected chi connectivity index (χ0v) is 16.4. The van der Waals surface area contributed by atoms with Crippen molar-refractivity contribution in [3.05, 3.63) is 57.8 Å². The van der Waals surface area contributed by atoms with Crippen LogP contribution in [0.25, 0.3) is 0 Å². The number of nitrogens with one attached hydrogen (secondary N) is 1. The summed E-state index contributed by atoms with van der Waals surface area (Å²) in [7, 11) is 0. The van der Waals surface area contributed by atoms with Crippen LogP contribution in [0, 0.1) is 0 Å². The van der Waals surface area contributed by atoms with Gasteiger partial charge in [0.2, 0.25) is 0 Å². The summed E-state index contributed by atoms with van der Waals surface area (Å²) in [5.74, 6) is -0.579. The average Bonchev–Trinajstić information content (AvgIpc) is 2.63. The Balaban J connectivity index is 1.82. The zero-order valence-electron chi connectivity index (χ0n) is 14.9. The van der Waals surface area contributed by atoms with Gasteiger partial charge in [-0.1, -0.05) is 35.3 Å². The molecule has 2 amide bonds. The smallest absolute Gasteiger partial charge is 0.257 e. The maximum atomic E-state index is 13.0. The first kappa shape index (κ1) is 19.6. The number of anilines is 1. The molecule has 0 unspecified atom stereocenters. The van der Waals surface area contributed by atoms with Crippen LogP contribution in [0.15, 0.2) is 36.5 Å². The van der Waals surface area contributed by atoms with E-state index in [1.165, 1.54) is 12.3 Å². The molecule has 1 fully saturated rings. The highest BCUT2D eigenvalue weighted by Crippen LogP contribution is 2.23. The zero-order chi connectivity index (χ0) is 19.6. The largest absolute Gasteiger partial charge is 0.372 e. The summed E-state index contributed by atoms with van der Waals surface area (Å²) in [5.41, 5.74) is 1.09. The molecule has 0 saturated carbocycles. The van der Waals surface area contributed by atoms with Gasteiger partial charge in [-0.15, -0.1) is 0 Å². The van der Waals surface area contributed by atoms with Gasteiger partial charge in [0.25, 0.3) is 11.8 Å². The molecule has 0 aliphatic carbocycles. The molecule has 1 N–H and O–H groups in total. The van der Waals surface area contributed by atoms with Crippen LogP contribution < -0.4 is 5.32 Å². The number of pyridine rings is 1. The fraction of sp³-hybridized carbons (Fsp3) is 0.316. The van der Waals surface area contributed by atoms with Crippen LogP contribution in [0.1, 0.15) is 34.6 Å². The van der Waals surface area contributed by atoms with Crippen molar-refractivity contribution in [3.63, 3.8) is 0 Å². The minimum absolute atomic E-state index is 0.0401. The Kier molecular flexibility index (Phi) is 5.99. The van der Waals surface area contributed by atoms with E-state index in [-0.39, 0.29) is 33.9 Å². The van der Waals surface area contributed by atoms with Crippen LogP contribution in [0.3, 0.4) is 0 Å². The van der Waals surface area contributed by atoms with Crippen molar-refractivity contribution in [1.29, 1.82) is 0 Å². The number of para-hydroxylation sites is 1. The van der Waals surface area contributed by atoms with E-state index >= 15 is 0 Å². The average molecular weight is 408 g/mol. The van der Waals surface area contributed by atoms with Gasteiger partial charge in [0.1, 0.15) is 5.15 Å². The molecule has 27 heavy (non-hydrogen) atoms. The minimum atomic E-state index is -0.426. The number of amides is 2. The minimum Gasteiger partial charge on any atom is -0.372 e. The Morgan fingerprint density at radius 1 is 1.19 bits per heavy atom. The van der Waals surface area contributed by atoms with E-state index in [0.717, 1.165) is 0 Å². The van der Waals surface area contributed by atoms with Gasteiger partial charge in [0, 0.05) is 19.3 Å². The highest BCUT2D eigenvalue weighted by atomic mass is 35.5. The highest BCUT2D eigenvalue weighted by Gasteiger charge is 2.28. The van der Waals surface area contributed by atoms with E-state index in [2.05, 4.69) is 10.3 Å². The fourth-order valence-electron chi connectivity index (χ4n) is 3.03. The lowest BCUT2D eigenvalue weighted by atomic mass is 10.1. The molecule has 2 atom stereocenters. The third kappa shape index (κ3) is 4.58. The molecule has 1 aliphatic rings. The van der Waals surface area contributed by atoms with E-state index in [1.807, 2.05) is 13.8 Å². The first-order valence-electron chi connectivity index (χ1n) is 8.51. The predicted octanol–water partition coefficient (Wildman–Crippen LogP) is 3.89. The number of carbonyl (C=O) groups is 2. The van der Waals surface area contributed by atoms with Crippen LogP contribution in [-0.2, 0) is 4.74 Å². The van der Waals surface area contributed by atoms with E-state index in [0.29, 0.717) is 24.3 Å². The summed E-state index contributed by atoms with van der Waals surface area (Å²) in [6.45, 7) is 4.87. The second-order valence-electron chi connectivity index (χ2n) is 6.46. The summed E-state index contributed by atoms with van der Waals surface area (Å²) in [4.78, 5) is 31.1. The van der Waals surface area contributed by atoms with Gasteiger partial charge in [-0.05, 0) is 32.0 Å². The van der Waals surface area contributed by atoms with Crippen molar-refractivity contribution in [3.8, 4) is 0 Å². The van der Waals surface area contributed by atoms with E-state index in [4.69, 9.17) is 27.9 Å². The molecule has 1 aliphatic heterocycles. The Bertz CT molecular complexity index is 865. The molecular weight excluding hydrogens is 389 g/mol. The highest BCUT2D eigenvalue weighted by molar-refractivity contribution is 6.41. The Hall–Kier alpha value is -2.15. The monoisotopic (exact) mass is 407 g/mol. The summed E-state index contributed by atoms with van der Waals surface area (Å²) in [6.07, 6.45) is 1.25. The number of carbonyl (C=O) groups excluding carboxylic acids is 2. The summed E-state index contributed by atoms with van der Waals surface area (Å²) < 4.78 is 5.68. The lowest BCUT2D eigenvalue weighted by Gasteiger charge is -2.35. The quantitative estimate of drug-likeness (QED) is 0.783.